The van der Waals surface area contributed by atoms with Crippen LogP contribution in [-0.2, 0) is 11.3 Å². The zero-order valence-corrected chi connectivity index (χ0v) is 12.0. The predicted molar refractivity (Wildman–Crippen MR) is 78.6 cm³/mol. The first-order valence-electron chi connectivity index (χ1n) is 7.74. The fourth-order valence-electron chi connectivity index (χ4n) is 4.88. The Labute approximate surface area is 120 Å². The lowest BCUT2D eigenvalue weighted by Gasteiger charge is -2.19. The van der Waals surface area contributed by atoms with Crippen LogP contribution in [0.2, 0.25) is 0 Å². The van der Waals surface area contributed by atoms with E-state index in [2.05, 4.69) is 0 Å². The van der Waals surface area contributed by atoms with E-state index in [0.29, 0.717) is 18.4 Å². The van der Waals surface area contributed by atoms with Crippen molar-refractivity contribution in [1.82, 2.24) is 4.90 Å². The lowest BCUT2D eigenvalue weighted by molar-refractivity contribution is -0.132. The standard InChI is InChI=1S/C17H22N2O/c1-19(9-10-2-6-13(18)7-3-10)17(20)16-14-11-4-5-12(8-11)15(14)16/h2-3,6-7,11-12,14-16H,4-5,8-9,18H2,1H3. The Bertz CT molecular complexity index is 522. The molecule has 0 heterocycles. The molecule has 1 aromatic rings. The number of nitrogen functional groups attached to an aromatic ring is 1. The molecular formula is C17H22N2O. The second-order valence-corrected chi connectivity index (χ2v) is 6.95. The minimum Gasteiger partial charge on any atom is -0.399 e. The summed E-state index contributed by atoms with van der Waals surface area (Å²) in [4.78, 5) is 14.5. The molecule has 3 aliphatic carbocycles. The zero-order chi connectivity index (χ0) is 13.9. The van der Waals surface area contributed by atoms with Crippen LogP contribution < -0.4 is 5.73 Å². The lowest BCUT2D eigenvalue weighted by atomic mass is 10.0. The van der Waals surface area contributed by atoms with Gasteiger partial charge in [0, 0.05) is 25.2 Å². The summed E-state index contributed by atoms with van der Waals surface area (Å²) in [5, 5.41) is 0. The van der Waals surface area contributed by atoms with Gasteiger partial charge in [-0.1, -0.05) is 12.1 Å². The van der Waals surface area contributed by atoms with E-state index in [0.717, 1.165) is 34.9 Å². The molecule has 4 unspecified atom stereocenters. The number of amides is 1. The number of rotatable bonds is 3. The Morgan fingerprint density at radius 1 is 1.20 bits per heavy atom. The van der Waals surface area contributed by atoms with Gasteiger partial charge in [0.1, 0.15) is 0 Å². The number of carbonyl (C=O) groups excluding carboxylic acids is 1. The normalized spacial score (nSPS) is 36.8. The minimum absolute atomic E-state index is 0.347. The second kappa shape index (κ2) is 4.24. The van der Waals surface area contributed by atoms with Crippen molar-refractivity contribution in [3.63, 3.8) is 0 Å². The number of fused-ring (bicyclic) bond motifs is 5. The zero-order valence-electron chi connectivity index (χ0n) is 12.0. The van der Waals surface area contributed by atoms with E-state index in [1.165, 1.54) is 19.3 Å². The third kappa shape index (κ3) is 1.75. The molecule has 1 amide bonds. The van der Waals surface area contributed by atoms with Gasteiger partial charge in [0.2, 0.25) is 5.91 Å². The van der Waals surface area contributed by atoms with Gasteiger partial charge in [-0.15, -0.1) is 0 Å². The third-order valence-corrected chi connectivity index (χ3v) is 5.80. The van der Waals surface area contributed by atoms with Crippen molar-refractivity contribution in [2.24, 2.45) is 29.6 Å². The number of carbonyl (C=O) groups is 1. The van der Waals surface area contributed by atoms with E-state index in [1.807, 2.05) is 36.2 Å². The third-order valence-electron chi connectivity index (χ3n) is 5.80. The minimum atomic E-state index is 0.347. The Balaban J connectivity index is 1.41. The number of anilines is 1. The van der Waals surface area contributed by atoms with E-state index in [9.17, 15) is 4.79 Å². The Morgan fingerprint density at radius 2 is 1.80 bits per heavy atom. The van der Waals surface area contributed by atoms with Gasteiger partial charge in [0.15, 0.2) is 0 Å². The van der Waals surface area contributed by atoms with Gasteiger partial charge >= 0.3 is 0 Å². The second-order valence-electron chi connectivity index (χ2n) is 6.95. The molecule has 0 saturated heterocycles. The summed E-state index contributed by atoms with van der Waals surface area (Å²) >= 11 is 0. The van der Waals surface area contributed by atoms with E-state index >= 15 is 0 Å². The van der Waals surface area contributed by atoms with Gasteiger partial charge in [-0.3, -0.25) is 4.79 Å². The van der Waals surface area contributed by atoms with Crippen LogP contribution in [0.4, 0.5) is 5.69 Å². The molecule has 1 aromatic carbocycles. The largest absolute Gasteiger partial charge is 0.399 e. The van der Waals surface area contributed by atoms with Gasteiger partial charge < -0.3 is 10.6 Å². The van der Waals surface area contributed by atoms with Crippen LogP contribution >= 0.6 is 0 Å². The van der Waals surface area contributed by atoms with Crippen LogP contribution in [0, 0.1) is 29.6 Å². The van der Waals surface area contributed by atoms with Crippen LogP contribution in [0.3, 0.4) is 0 Å². The SMILES string of the molecule is CN(Cc1ccc(N)cc1)C(=O)C1C2C3CCC(C3)C12. The summed E-state index contributed by atoms with van der Waals surface area (Å²) < 4.78 is 0. The van der Waals surface area contributed by atoms with Gasteiger partial charge in [-0.25, -0.2) is 0 Å². The van der Waals surface area contributed by atoms with Crippen molar-refractivity contribution < 1.29 is 4.79 Å². The Morgan fingerprint density at radius 3 is 2.40 bits per heavy atom. The van der Waals surface area contributed by atoms with Crippen molar-refractivity contribution in [2.75, 3.05) is 12.8 Å². The Kier molecular flexibility index (Phi) is 2.60. The first-order chi connectivity index (χ1) is 9.65. The van der Waals surface area contributed by atoms with Crippen LogP contribution in [0.1, 0.15) is 24.8 Å². The molecule has 0 aromatic heterocycles. The predicted octanol–water partition coefficient (Wildman–Crippen LogP) is 2.52. The highest BCUT2D eigenvalue weighted by Crippen LogP contribution is 2.69. The van der Waals surface area contributed by atoms with Gasteiger partial charge in [0.05, 0.1) is 0 Å². The van der Waals surface area contributed by atoms with Crippen molar-refractivity contribution in [1.29, 1.82) is 0 Å². The summed E-state index contributed by atoms with van der Waals surface area (Å²) in [7, 11) is 1.94. The average molecular weight is 270 g/mol. The molecule has 3 nitrogen and oxygen atoms in total. The molecule has 3 saturated carbocycles. The number of nitrogens with zero attached hydrogens (tertiary/aromatic N) is 1. The molecule has 3 aliphatic rings. The maximum Gasteiger partial charge on any atom is 0.226 e. The van der Waals surface area contributed by atoms with E-state index in [1.54, 1.807) is 0 Å². The topological polar surface area (TPSA) is 46.3 Å². The number of hydrogen-bond acceptors (Lipinski definition) is 2. The molecule has 2 bridgehead atoms. The maximum absolute atomic E-state index is 12.6. The fourth-order valence-corrected chi connectivity index (χ4v) is 4.88. The van der Waals surface area contributed by atoms with E-state index in [4.69, 9.17) is 5.73 Å². The monoisotopic (exact) mass is 270 g/mol. The van der Waals surface area contributed by atoms with Crippen molar-refractivity contribution in [2.45, 2.75) is 25.8 Å². The summed E-state index contributed by atoms with van der Waals surface area (Å²) in [5.74, 6) is 3.91. The Hall–Kier alpha value is -1.51. The smallest absolute Gasteiger partial charge is 0.226 e. The molecule has 0 radical (unpaired) electrons. The van der Waals surface area contributed by atoms with Gasteiger partial charge in [0.25, 0.3) is 0 Å². The summed E-state index contributed by atoms with van der Waals surface area (Å²) in [6, 6.07) is 7.83. The molecule has 2 N–H and O–H groups in total. The molecule has 4 rings (SSSR count). The van der Waals surface area contributed by atoms with Gasteiger partial charge in [-0.05, 0) is 60.6 Å². The molecule has 3 fully saturated rings. The lowest BCUT2D eigenvalue weighted by Crippen LogP contribution is -2.29. The highest BCUT2D eigenvalue weighted by atomic mass is 16.2. The summed E-state index contributed by atoms with van der Waals surface area (Å²) in [6.45, 7) is 0.699. The number of hydrogen-bond donors (Lipinski definition) is 1. The fraction of sp³-hybridized carbons (Fsp3) is 0.588. The van der Waals surface area contributed by atoms with Gasteiger partial charge in [-0.2, -0.15) is 0 Å². The van der Waals surface area contributed by atoms with E-state index < -0.39 is 0 Å². The highest BCUT2D eigenvalue weighted by molar-refractivity contribution is 5.82. The quantitative estimate of drug-likeness (QED) is 0.858. The van der Waals surface area contributed by atoms with Crippen LogP contribution in [-0.4, -0.2) is 17.9 Å². The van der Waals surface area contributed by atoms with E-state index in [-0.39, 0.29) is 0 Å². The van der Waals surface area contributed by atoms with Crippen molar-refractivity contribution in [3.05, 3.63) is 29.8 Å². The maximum atomic E-state index is 12.6. The van der Waals surface area contributed by atoms with Crippen LogP contribution in [0.15, 0.2) is 24.3 Å². The summed E-state index contributed by atoms with van der Waals surface area (Å²) in [5.41, 5.74) is 7.62. The first kappa shape index (κ1) is 12.2. The molecule has 106 valence electrons. The highest BCUT2D eigenvalue weighted by Gasteiger charge is 2.67. The molecule has 20 heavy (non-hydrogen) atoms. The van der Waals surface area contributed by atoms with Crippen molar-refractivity contribution in [3.8, 4) is 0 Å². The molecule has 3 heteroatoms. The summed E-state index contributed by atoms with van der Waals surface area (Å²) in [6.07, 6.45) is 4.15. The van der Waals surface area contributed by atoms with Crippen LogP contribution in [0.5, 0.6) is 0 Å². The average Bonchev–Trinajstić information content (AvgIpc) is 2.87. The molecule has 4 atom stereocenters. The number of nitrogens with two attached hydrogens (primary N) is 1. The molecule has 0 aliphatic heterocycles. The number of benzene rings is 1. The molecule has 0 spiro atoms. The first-order valence-corrected chi connectivity index (χ1v) is 7.74. The molecular weight excluding hydrogens is 248 g/mol. The van der Waals surface area contributed by atoms with Crippen LogP contribution in [0.25, 0.3) is 0 Å². The van der Waals surface area contributed by atoms with Crippen molar-refractivity contribution >= 4 is 11.6 Å².